The van der Waals surface area contributed by atoms with Crippen LogP contribution >= 0.6 is 11.8 Å². The van der Waals surface area contributed by atoms with Crippen LogP contribution in [0.2, 0.25) is 0 Å². The lowest BCUT2D eigenvalue weighted by Gasteiger charge is -2.13. The van der Waals surface area contributed by atoms with Crippen molar-refractivity contribution in [3.05, 3.63) is 59.7 Å². The molecule has 1 N–H and O–H groups in total. The number of aryl methyl sites for hydroxylation is 2. The monoisotopic (exact) mass is 394 g/mol. The Morgan fingerprint density at radius 2 is 1.86 bits per heavy atom. The fourth-order valence-corrected chi connectivity index (χ4v) is 3.66. The number of amides is 1. The summed E-state index contributed by atoms with van der Waals surface area (Å²) in [5.74, 6) is 1.53. The lowest BCUT2D eigenvalue weighted by Crippen LogP contribution is -2.16. The minimum atomic E-state index is -0.0425. The maximum absolute atomic E-state index is 12.5. The highest BCUT2D eigenvalue weighted by Crippen LogP contribution is 2.25. The van der Waals surface area contributed by atoms with Gasteiger partial charge < -0.3 is 9.88 Å². The van der Waals surface area contributed by atoms with Crippen LogP contribution in [-0.4, -0.2) is 26.4 Å². The molecule has 3 aromatic rings. The largest absolute Gasteiger partial charge is 0.325 e. The van der Waals surface area contributed by atoms with Gasteiger partial charge in [-0.1, -0.05) is 68.1 Å². The van der Waals surface area contributed by atoms with E-state index < -0.39 is 0 Å². The molecule has 0 fully saturated rings. The molecule has 0 spiro atoms. The van der Waals surface area contributed by atoms with Gasteiger partial charge in [0.05, 0.1) is 5.75 Å². The maximum Gasteiger partial charge on any atom is 0.234 e. The van der Waals surface area contributed by atoms with E-state index in [1.165, 1.54) is 11.8 Å². The summed E-state index contributed by atoms with van der Waals surface area (Å²) < 4.78 is 2.11. The number of nitrogens with zero attached hydrogens (tertiary/aromatic N) is 3. The number of carbonyl (C=O) groups excluding carboxylic acids is 1. The molecule has 3 rings (SSSR count). The molecule has 5 nitrogen and oxygen atoms in total. The minimum Gasteiger partial charge on any atom is -0.325 e. The molecule has 1 aromatic heterocycles. The van der Waals surface area contributed by atoms with Gasteiger partial charge in [0.15, 0.2) is 11.0 Å². The van der Waals surface area contributed by atoms with Crippen LogP contribution in [-0.2, 0) is 11.3 Å². The average molecular weight is 395 g/mol. The number of thioether (sulfide) groups is 1. The fourth-order valence-electron chi connectivity index (χ4n) is 2.91. The molecule has 0 unspecified atom stereocenters. The Morgan fingerprint density at radius 1 is 1.11 bits per heavy atom. The molecule has 0 aliphatic rings. The summed E-state index contributed by atoms with van der Waals surface area (Å²) in [6.45, 7) is 9.14. The SMILES string of the molecule is Cc1ccc(C)c(NC(=O)CSc2nnc(-c3ccccc3)n2CC(C)C)c1. The van der Waals surface area contributed by atoms with Crippen LogP contribution in [0, 0.1) is 19.8 Å². The number of nitrogens with one attached hydrogen (secondary N) is 1. The van der Waals surface area contributed by atoms with Crippen molar-refractivity contribution in [3.8, 4) is 11.4 Å². The third kappa shape index (κ3) is 5.01. The third-order valence-corrected chi connectivity index (χ3v) is 5.26. The van der Waals surface area contributed by atoms with E-state index in [4.69, 9.17) is 0 Å². The highest BCUT2D eigenvalue weighted by Gasteiger charge is 2.16. The number of benzene rings is 2. The van der Waals surface area contributed by atoms with Crippen molar-refractivity contribution < 1.29 is 4.79 Å². The van der Waals surface area contributed by atoms with Crippen LogP contribution in [0.15, 0.2) is 53.7 Å². The Balaban J connectivity index is 1.74. The van der Waals surface area contributed by atoms with E-state index in [0.29, 0.717) is 11.7 Å². The molecule has 0 atom stereocenters. The fraction of sp³-hybridized carbons (Fsp3) is 0.318. The Hall–Kier alpha value is -2.60. The smallest absolute Gasteiger partial charge is 0.234 e. The summed E-state index contributed by atoms with van der Waals surface area (Å²) in [6, 6.07) is 16.1. The second-order valence-electron chi connectivity index (χ2n) is 7.33. The number of hydrogen-bond donors (Lipinski definition) is 1. The maximum atomic E-state index is 12.5. The van der Waals surface area contributed by atoms with Gasteiger partial charge in [0.2, 0.25) is 5.91 Å². The first kappa shape index (κ1) is 20.1. The first-order valence-electron chi connectivity index (χ1n) is 9.42. The Morgan fingerprint density at radius 3 is 2.57 bits per heavy atom. The molecular weight excluding hydrogens is 368 g/mol. The summed E-state index contributed by atoms with van der Waals surface area (Å²) in [5.41, 5.74) is 4.07. The highest BCUT2D eigenvalue weighted by atomic mass is 32.2. The van der Waals surface area contributed by atoms with E-state index in [-0.39, 0.29) is 5.91 Å². The zero-order valence-corrected chi connectivity index (χ0v) is 17.6. The summed E-state index contributed by atoms with van der Waals surface area (Å²) in [6.07, 6.45) is 0. The van der Waals surface area contributed by atoms with Crippen LogP contribution in [0.25, 0.3) is 11.4 Å². The van der Waals surface area contributed by atoms with Gasteiger partial charge in [-0.15, -0.1) is 10.2 Å². The predicted octanol–water partition coefficient (Wildman–Crippen LogP) is 4.95. The van der Waals surface area contributed by atoms with Gasteiger partial charge in [-0.05, 0) is 37.0 Å². The zero-order chi connectivity index (χ0) is 20.1. The second-order valence-corrected chi connectivity index (χ2v) is 8.27. The standard InChI is InChI=1S/C22H26N4OS/c1-15(2)13-26-21(18-8-6-5-7-9-18)24-25-22(26)28-14-20(27)23-19-12-16(3)10-11-17(19)4/h5-12,15H,13-14H2,1-4H3,(H,23,27). The Bertz CT molecular complexity index is 950. The topological polar surface area (TPSA) is 59.8 Å². The molecule has 0 bridgehead atoms. The lowest BCUT2D eigenvalue weighted by molar-refractivity contribution is -0.113. The molecule has 0 saturated carbocycles. The minimum absolute atomic E-state index is 0.0425. The second kappa shape index (κ2) is 9.06. The lowest BCUT2D eigenvalue weighted by atomic mass is 10.1. The van der Waals surface area contributed by atoms with Gasteiger partial charge >= 0.3 is 0 Å². The molecule has 0 aliphatic carbocycles. The van der Waals surface area contributed by atoms with Crippen LogP contribution < -0.4 is 5.32 Å². The number of rotatable bonds is 7. The van der Waals surface area contributed by atoms with Gasteiger partial charge in [-0.2, -0.15) is 0 Å². The molecule has 28 heavy (non-hydrogen) atoms. The van der Waals surface area contributed by atoms with Crippen LogP contribution in [0.3, 0.4) is 0 Å². The van der Waals surface area contributed by atoms with E-state index in [1.54, 1.807) is 0 Å². The van der Waals surface area contributed by atoms with Crippen LogP contribution in [0.1, 0.15) is 25.0 Å². The molecule has 1 amide bonds. The normalized spacial score (nSPS) is 11.0. The molecule has 0 saturated heterocycles. The molecule has 6 heteroatoms. The average Bonchev–Trinajstić information content (AvgIpc) is 3.05. The van der Waals surface area contributed by atoms with E-state index in [0.717, 1.165) is 39.9 Å². The van der Waals surface area contributed by atoms with Crippen molar-refractivity contribution in [3.63, 3.8) is 0 Å². The quantitative estimate of drug-likeness (QED) is 0.576. The predicted molar refractivity (Wildman–Crippen MR) is 116 cm³/mol. The zero-order valence-electron chi connectivity index (χ0n) is 16.8. The molecular formula is C22H26N4OS. The first-order chi connectivity index (χ1) is 13.4. The summed E-state index contributed by atoms with van der Waals surface area (Å²) in [4.78, 5) is 12.5. The molecule has 146 valence electrons. The van der Waals surface area contributed by atoms with E-state index >= 15 is 0 Å². The Labute approximate surface area is 170 Å². The van der Waals surface area contributed by atoms with Crippen molar-refractivity contribution in [1.82, 2.24) is 14.8 Å². The van der Waals surface area contributed by atoms with Crippen LogP contribution in [0.5, 0.6) is 0 Å². The first-order valence-corrected chi connectivity index (χ1v) is 10.4. The van der Waals surface area contributed by atoms with Crippen LogP contribution in [0.4, 0.5) is 5.69 Å². The van der Waals surface area contributed by atoms with Gasteiger partial charge in [0, 0.05) is 17.8 Å². The van der Waals surface area contributed by atoms with E-state index in [2.05, 4.69) is 33.9 Å². The number of hydrogen-bond acceptors (Lipinski definition) is 4. The molecule has 0 radical (unpaired) electrons. The van der Waals surface area contributed by atoms with Crippen molar-refractivity contribution in [2.75, 3.05) is 11.1 Å². The van der Waals surface area contributed by atoms with Gasteiger partial charge in [-0.25, -0.2) is 0 Å². The van der Waals surface area contributed by atoms with Crippen molar-refractivity contribution >= 4 is 23.4 Å². The number of carbonyl (C=O) groups is 1. The Kier molecular flexibility index (Phi) is 6.52. The van der Waals surface area contributed by atoms with E-state index in [1.807, 2.05) is 62.4 Å². The van der Waals surface area contributed by atoms with Crippen molar-refractivity contribution in [2.45, 2.75) is 39.4 Å². The van der Waals surface area contributed by atoms with Crippen molar-refractivity contribution in [1.29, 1.82) is 0 Å². The molecule has 1 heterocycles. The van der Waals surface area contributed by atoms with Crippen molar-refractivity contribution in [2.24, 2.45) is 5.92 Å². The van der Waals surface area contributed by atoms with Gasteiger partial charge in [0.25, 0.3) is 0 Å². The van der Waals surface area contributed by atoms with Gasteiger partial charge in [-0.3, -0.25) is 4.79 Å². The number of aromatic nitrogens is 3. The summed E-state index contributed by atoms with van der Waals surface area (Å²) >= 11 is 1.42. The third-order valence-electron chi connectivity index (χ3n) is 4.30. The molecule has 2 aromatic carbocycles. The summed E-state index contributed by atoms with van der Waals surface area (Å²) in [5, 5.41) is 12.5. The van der Waals surface area contributed by atoms with E-state index in [9.17, 15) is 4.79 Å². The van der Waals surface area contributed by atoms with Gasteiger partial charge in [0.1, 0.15) is 0 Å². The molecule has 0 aliphatic heterocycles. The summed E-state index contributed by atoms with van der Waals surface area (Å²) in [7, 11) is 0. The number of anilines is 1. The highest BCUT2D eigenvalue weighted by molar-refractivity contribution is 7.99.